The summed E-state index contributed by atoms with van der Waals surface area (Å²) in [7, 11) is 0. The molecule has 0 saturated carbocycles. The summed E-state index contributed by atoms with van der Waals surface area (Å²) in [5.41, 5.74) is 5.14. The summed E-state index contributed by atoms with van der Waals surface area (Å²) in [5.74, 6) is 0.728. The normalized spacial score (nSPS) is 17.4. The number of benzene rings is 2. The van der Waals surface area contributed by atoms with Gasteiger partial charge in [-0.15, -0.1) is 0 Å². The molecule has 0 radical (unpaired) electrons. The van der Waals surface area contributed by atoms with Gasteiger partial charge < -0.3 is 24.8 Å². The predicted octanol–water partition coefficient (Wildman–Crippen LogP) is 3.61. The number of amides is 3. The topological polar surface area (TPSA) is 119 Å². The molecule has 0 bridgehead atoms. The maximum Gasteiger partial charge on any atom is 0.321 e. The Morgan fingerprint density at radius 1 is 1.17 bits per heavy atom. The molecule has 1 fully saturated rings. The Kier molecular flexibility index (Phi) is 4.82. The van der Waals surface area contributed by atoms with Gasteiger partial charge in [0.1, 0.15) is 5.69 Å². The number of aromatic nitrogens is 4. The first kappa shape index (κ1) is 21.6. The fourth-order valence-corrected chi connectivity index (χ4v) is 5.00. The maximum absolute atomic E-state index is 12.9. The Labute approximate surface area is 201 Å². The number of hydrogen-bond donors (Lipinski definition) is 3. The number of urea groups is 1. The number of anilines is 2. The van der Waals surface area contributed by atoms with Crippen LogP contribution in [0.25, 0.3) is 33.5 Å². The summed E-state index contributed by atoms with van der Waals surface area (Å²) >= 11 is 0. The van der Waals surface area contributed by atoms with Gasteiger partial charge >= 0.3 is 6.03 Å². The van der Waals surface area contributed by atoms with Crippen LogP contribution in [0.2, 0.25) is 0 Å². The van der Waals surface area contributed by atoms with Crippen LogP contribution in [0.15, 0.2) is 30.3 Å². The highest BCUT2D eigenvalue weighted by atomic mass is 16.5. The van der Waals surface area contributed by atoms with Gasteiger partial charge in [-0.2, -0.15) is 5.10 Å². The van der Waals surface area contributed by atoms with Crippen LogP contribution in [0, 0.1) is 0 Å². The first-order valence-electron chi connectivity index (χ1n) is 11.8. The zero-order valence-corrected chi connectivity index (χ0v) is 19.9. The van der Waals surface area contributed by atoms with Crippen LogP contribution < -0.4 is 10.2 Å². The third kappa shape index (κ3) is 3.35. The summed E-state index contributed by atoms with van der Waals surface area (Å²) in [6.45, 7) is 8.76. The number of fused-ring (bicyclic) bond motifs is 3. The minimum atomic E-state index is -0.586. The van der Waals surface area contributed by atoms with E-state index >= 15 is 0 Å². The third-order valence-corrected chi connectivity index (χ3v) is 7.00. The van der Waals surface area contributed by atoms with E-state index in [1.165, 1.54) is 0 Å². The van der Waals surface area contributed by atoms with E-state index in [0.717, 1.165) is 33.2 Å². The fraction of sp³-hybridized carbons (Fsp3) is 0.360. The lowest BCUT2D eigenvalue weighted by Gasteiger charge is -2.26. The molecule has 4 heterocycles. The molecule has 2 aliphatic rings. The summed E-state index contributed by atoms with van der Waals surface area (Å²) < 4.78 is 5.33. The molecule has 3 N–H and O–H groups in total. The maximum atomic E-state index is 12.9. The minimum absolute atomic E-state index is 0.104. The van der Waals surface area contributed by atoms with Gasteiger partial charge in [0.2, 0.25) is 5.91 Å². The quantitative estimate of drug-likeness (QED) is 0.420. The van der Waals surface area contributed by atoms with Crippen LogP contribution in [-0.4, -0.2) is 69.9 Å². The number of aromatic amines is 2. The smallest absolute Gasteiger partial charge is 0.321 e. The van der Waals surface area contributed by atoms with Crippen LogP contribution >= 0.6 is 0 Å². The molecular weight excluding hydrogens is 446 g/mol. The summed E-state index contributed by atoms with van der Waals surface area (Å²) in [4.78, 5) is 37.2. The number of H-pyrrole nitrogens is 2. The van der Waals surface area contributed by atoms with E-state index in [2.05, 4.69) is 20.5 Å². The van der Waals surface area contributed by atoms with Gasteiger partial charge in [-0.1, -0.05) is 0 Å². The molecule has 10 heteroatoms. The summed E-state index contributed by atoms with van der Waals surface area (Å²) in [5, 5.41) is 11.4. The van der Waals surface area contributed by atoms with E-state index in [4.69, 9.17) is 9.72 Å². The predicted molar refractivity (Wildman–Crippen MR) is 134 cm³/mol. The Hall–Kier alpha value is -3.92. The van der Waals surface area contributed by atoms with Crippen molar-refractivity contribution in [2.75, 3.05) is 43.1 Å². The highest BCUT2D eigenvalue weighted by molar-refractivity contribution is 6.09. The standard InChI is InChI=1S/C25H27N7O3/c1-4-32-20-13-19-18(12-16(20)25(2,3)23(32)33)27-22(28-19)21-15-11-14(5-6-17(15)29-30-21)26-24(34)31-7-9-35-10-8-31/h5-6,11-13H,4,7-10H2,1-3H3,(H,26,34)(H,27,28)(H,29,30). The van der Waals surface area contributed by atoms with E-state index in [1.807, 2.05) is 56.0 Å². The fourth-order valence-electron chi connectivity index (χ4n) is 5.00. The molecule has 10 nitrogen and oxygen atoms in total. The summed E-state index contributed by atoms with van der Waals surface area (Å²) in [6.07, 6.45) is 0. The number of carbonyl (C=O) groups is 2. The van der Waals surface area contributed by atoms with Crippen molar-refractivity contribution in [3.63, 3.8) is 0 Å². The zero-order chi connectivity index (χ0) is 24.3. The first-order valence-corrected chi connectivity index (χ1v) is 11.8. The zero-order valence-electron chi connectivity index (χ0n) is 19.9. The van der Waals surface area contributed by atoms with E-state index in [1.54, 1.807) is 4.90 Å². The Bertz CT molecular complexity index is 1480. The van der Waals surface area contributed by atoms with Gasteiger partial charge in [0.25, 0.3) is 0 Å². The second-order valence-electron chi connectivity index (χ2n) is 9.51. The molecule has 0 atom stereocenters. The largest absolute Gasteiger partial charge is 0.378 e. The van der Waals surface area contributed by atoms with Crippen molar-refractivity contribution in [1.82, 2.24) is 25.1 Å². The molecule has 1 saturated heterocycles. The SMILES string of the molecule is CCN1C(=O)C(C)(C)c2cc3[nH]c(-c4n[nH]c5ccc(NC(=O)N6CCOCC6)cc45)nc3cc21. The van der Waals surface area contributed by atoms with Crippen LogP contribution in [-0.2, 0) is 14.9 Å². The van der Waals surface area contributed by atoms with Crippen molar-refractivity contribution in [3.05, 3.63) is 35.9 Å². The second kappa shape index (κ2) is 7.81. The molecular formula is C25H27N7O3. The van der Waals surface area contributed by atoms with E-state index in [9.17, 15) is 9.59 Å². The molecule has 180 valence electrons. The van der Waals surface area contributed by atoms with Crippen molar-refractivity contribution in [2.45, 2.75) is 26.2 Å². The first-order chi connectivity index (χ1) is 16.9. The number of ether oxygens (including phenoxy) is 1. The minimum Gasteiger partial charge on any atom is -0.378 e. The lowest BCUT2D eigenvalue weighted by atomic mass is 9.86. The number of morpholine rings is 1. The highest BCUT2D eigenvalue weighted by Crippen LogP contribution is 2.43. The number of rotatable bonds is 3. The number of nitrogens with zero attached hydrogens (tertiary/aromatic N) is 4. The van der Waals surface area contributed by atoms with Crippen molar-refractivity contribution in [1.29, 1.82) is 0 Å². The van der Waals surface area contributed by atoms with Gasteiger partial charge in [-0.3, -0.25) is 9.89 Å². The molecule has 3 amide bonds. The molecule has 4 aromatic rings. The van der Waals surface area contributed by atoms with Gasteiger partial charge in [-0.05, 0) is 56.7 Å². The highest BCUT2D eigenvalue weighted by Gasteiger charge is 2.43. The monoisotopic (exact) mass is 473 g/mol. The van der Waals surface area contributed by atoms with Gasteiger partial charge in [0.15, 0.2) is 5.82 Å². The Morgan fingerprint density at radius 3 is 2.74 bits per heavy atom. The number of likely N-dealkylation sites (N-methyl/N-ethyl adjacent to an activating group) is 1. The van der Waals surface area contributed by atoms with Gasteiger partial charge in [0.05, 0.1) is 40.9 Å². The van der Waals surface area contributed by atoms with Crippen molar-refractivity contribution in [3.8, 4) is 11.5 Å². The molecule has 2 aromatic carbocycles. The molecule has 0 aliphatic carbocycles. The van der Waals surface area contributed by atoms with Crippen LogP contribution in [0.4, 0.5) is 16.2 Å². The van der Waals surface area contributed by atoms with Crippen molar-refractivity contribution < 1.29 is 14.3 Å². The van der Waals surface area contributed by atoms with Crippen LogP contribution in [0.1, 0.15) is 26.3 Å². The molecule has 6 rings (SSSR count). The number of carbonyl (C=O) groups excluding carboxylic acids is 2. The van der Waals surface area contributed by atoms with Crippen molar-refractivity contribution >= 4 is 45.2 Å². The van der Waals surface area contributed by atoms with Gasteiger partial charge in [0, 0.05) is 30.7 Å². The lowest BCUT2D eigenvalue weighted by Crippen LogP contribution is -2.43. The number of imidazole rings is 1. The molecule has 2 aromatic heterocycles. The average molecular weight is 474 g/mol. The number of hydrogen-bond acceptors (Lipinski definition) is 5. The molecule has 35 heavy (non-hydrogen) atoms. The third-order valence-electron chi connectivity index (χ3n) is 7.00. The second-order valence-corrected chi connectivity index (χ2v) is 9.51. The van der Waals surface area contributed by atoms with Gasteiger partial charge in [-0.25, -0.2) is 9.78 Å². The van der Waals surface area contributed by atoms with Crippen LogP contribution in [0.5, 0.6) is 0 Å². The number of nitrogens with one attached hydrogen (secondary N) is 3. The molecule has 0 unspecified atom stereocenters. The van der Waals surface area contributed by atoms with Crippen LogP contribution in [0.3, 0.4) is 0 Å². The average Bonchev–Trinajstić information content (AvgIpc) is 3.51. The van der Waals surface area contributed by atoms with E-state index in [0.29, 0.717) is 50.1 Å². The Morgan fingerprint density at radius 2 is 1.97 bits per heavy atom. The van der Waals surface area contributed by atoms with Crippen molar-refractivity contribution in [2.24, 2.45) is 0 Å². The molecule has 2 aliphatic heterocycles. The van der Waals surface area contributed by atoms with E-state index in [-0.39, 0.29) is 11.9 Å². The lowest BCUT2D eigenvalue weighted by molar-refractivity contribution is -0.122. The van der Waals surface area contributed by atoms with E-state index < -0.39 is 5.41 Å². The Balaban J connectivity index is 1.36. The molecule has 0 spiro atoms. The summed E-state index contributed by atoms with van der Waals surface area (Å²) in [6, 6.07) is 9.50.